The fourth-order valence-electron chi connectivity index (χ4n) is 0.550. The molecule has 0 bridgehead atoms. The molecular formula is C5H6N4O2. The van der Waals surface area contributed by atoms with Gasteiger partial charge in [-0.2, -0.15) is 5.10 Å². The molecule has 0 saturated carbocycles. The quantitative estimate of drug-likeness (QED) is 0.446. The Kier molecular flexibility index (Phi) is 1.95. The Morgan fingerprint density at radius 2 is 2.45 bits per heavy atom. The highest BCUT2D eigenvalue weighted by atomic mass is 16.7. The van der Waals surface area contributed by atoms with E-state index in [4.69, 9.17) is 0 Å². The summed E-state index contributed by atoms with van der Waals surface area (Å²) in [4.78, 5) is 10.2. The maximum absolute atomic E-state index is 10.2. The molecule has 0 fully saturated rings. The van der Waals surface area contributed by atoms with Crippen molar-refractivity contribution in [3.05, 3.63) is 28.4 Å². The van der Waals surface area contributed by atoms with Crippen LogP contribution in [0.2, 0.25) is 0 Å². The van der Waals surface area contributed by atoms with Crippen molar-refractivity contribution in [2.75, 3.05) is 12.1 Å². The number of nitrogens with zero attached hydrogens (tertiary/aromatic N) is 4. The van der Waals surface area contributed by atoms with Gasteiger partial charge in [0.05, 0.1) is 7.05 Å². The standard InChI is InChI=1S/C5H6N4O2/c1-8(9(10)11)5-3-2-4-6-7-5/h2-4H,1H3. The van der Waals surface area contributed by atoms with Gasteiger partial charge in [0.2, 0.25) is 5.82 Å². The Morgan fingerprint density at radius 3 is 2.91 bits per heavy atom. The number of hydrogen-bond donors (Lipinski definition) is 0. The largest absolute Gasteiger partial charge is 0.234 e. The lowest BCUT2D eigenvalue weighted by Crippen LogP contribution is -2.25. The maximum Gasteiger partial charge on any atom is 0.214 e. The molecule has 0 spiro atoms. The molecule has 0 aliphatic heterocycles. The third kappa shape index (κ3) is 1.60. The summed E-state index contributed by atoms with van der Waals surface area (Å²) in [6.45, 7) is 0. The van der Waals surface area contributed by atoms with Gasteiger partial charge in [0, 0.05) is 6.20 Å². The van der Waals surface area contributed by atoms with Crippen LogP contribution in [0, 0.1) is 10.1 Å². The van der Waals surface area contributed by atoms with Gasteiger partial charge in [-0.15, -0.1) is 5.10 Å². The summed E-state index contributed by atoms with van der Waals surface area (Å²) < 4.78 is 0. The van der Waals surface area contributed by atoms with Crippen molar-refractivity contribution in [2.24, 2.45) is 0 Å². The Morgan fingerprint density at radius 1 is 1.73 bits per heavy atom. The predicted octanol–water partition coefficient (Wildman–Crippen LogP) is 0.104. The van der Waals surface area contributed by atoms with E-state index in [9.17, 15) is 10.1 Å². The van der Waals surface area contributed by atoms with Crippen LogP contribution in [0.4, 0.5) is 5.82 Å². The van der Waals surface area contributed by atoms with Gasteiger partial charge >= 0.3 is 0 Å². The monoisotopic (exact) mass is 154 g/mol. The van der Waals surface area contributed by atoms with Gasteiger partial charge in [-0.1, -0.05) is 5.01 Å². The maximum atomic E-state index is 10.2. The second kappa shape index (κ2) is 2.91. The van der Waals surface area contributed by atoms with E-state index in [1.165, 1.54) is 19.3 Å². The summed E-state index contributed by atoms with van der Waals surface area (Å²) in [7, 11) is 1.31. The van der Waals surface area contributed by atoms with E-state index in [0.29, 0.717) is 0 Å². The zero-order valence-electron chi connectivity index (χ0n) is 5.84. The molecule has 6 nitrogen and oxygen atoms in total. The molecule has 6 heteroatoms. The SMILES string of the molecule is CN(c1cccnn1)[N+](=O)[O-]. The van der Waals surface area contributed by atoms with E-state index in [2.05, 4.69) is 10.2 Å². The molecule has 0 saturated heterocycles. The van der Waals surface area contributed by atoms with Crippen molar-refractivity contribution in [3.8, 4) is 0 Å². The van der Waals surface area contributed by atoms with Crippen molar-refractivity contribution in [1.29, 1.82) is 0 Å². The second-order valence-corrected chi connectivity index (χ2v) is 1.84. The molecule has 58 valence electrons. The first-order chi connectivity index (χ1) is 5.22. The first kappa shape index (κ1) is 7.39. The predicted molar refractivity (Wildman–Crippen MR) is 37.4 cm³/mol. The van der Waals surface area contributed by atoms with Crippen molar-refractivity contribution < 1.29 is 5.03 Å². The minimum atomic E-state index is -0.565. The average molecular weight is 154 g/mol. The number of hydrogen-bond acceptors (Lipinski definition) is 4. The van der Waals surface area contributed by atoms with Crippen LogP contribution in [0.15, 0.2) is 18.3 Å². The lowest BCUT2D eigenvalue weighted by molar-refractivity contribution is -0.491. The number of aromatic nitrogens is 2. The van der Waals surface area contributed by atoms with Crippen LogP contribution in [0.1, 0.15) is 0 Å². The molecule has 0 aromatic carbocycles. The highest BCUT2D eigenvalue weighted by Crippen LogP contribution is 2.03. The Bertz CT molecular complexity index is 250. The van der Waals surface area contributed by atoms with Crippen molar-refractivity contribution in [1.82, 2.24) is 10.2 Å². The molecule has 1 heterocycles. The van der Waals surface area contributed by atoms with Gasteiger partial charge in [0.25, 0.3) is 0 Å². The van der Waals surface area contributed by atoms with Crippen LogP contribution >= 0.6 is 0 Å². The van der Waals surface area contributed by atoms with E-state index >= 15 is 0 Å². The number of nitro groups is 1. The molecule has 0 amide bonds. The van der Waals surface area contributed by atoms with E-state index in [-0.39, 0.29) is 5.82 Å². The Balaban J connectivity index is 2.85. The smallest absolute Gasteiger partial charge is 0.214 e. The second-order valence-electron chi connectivity index (χ2n) is 1.84. The Hall–Kier alpha value is -1.72. The molecule has 1 rings (SSSR count). The zero-order chi connectivity index (χ0) is 8.27. The van der Waals surface area contributed by atoms with Crippen LogP contribution < -0.4 is 5.01 Å². The molecular weight excluding hydrogens is 148 g/mol. The van der Waals surface area contributed by atoms with Crippen LogP contribution in [0.25, 0.3) is 0 Å². The van der Waals surface area contributed by atoms with E-state index in [1.807, 2.05) is 0 Å². The van der Waals surface area contributed by atoms with Crippen LogP contribution in [0.3, 0.4) is 0 Å². The third-order valence-corrected chi connectivity index (χ3v) is 1.13. The molecule has 0 aliphatic carbocycles. The van der Waals surface area contributed by atoms with Crippen LogP contribution in [-0.4, -0.2) is 22.3 Å². The van der Waals surface area contributed by atoms with Gasteiger partial charge in [0.15, 0.2) is 5.03 Å². The molecule has 0 atom stereocenters. The van der Waals surface area contributed by atoms with Crippen molar-refractivity contribution in [3.63, 3.8) is 0 Å². The lowest BCUT2D eigenvalue weighted by Gasteiger charge is -2.03. The number of hydrazine groups is 1. The summed E-state index contributed by atoms with van der Waals surface area (Å²) in [5.74, 6) is 0.220. The molecule has 0 unspecified atom stereocenters. The first-order valence-electron chi connectivity index (χ1n) is 2.87. The topological polar surface area (TPSA) is 72.2 Å². The summed E-state index contributed by atoms with van der Waals surface area (Å²) in [5, 5.41) is 17.4. The minimum Gasteiger partial charge on any atom is -0.234 e. The van der Waals surface area contributed by atoms with Crippen LogP contribution in [0.5, 0.6) is 0 Å². The summed E-state index contributed by atoms with van der Waals surface area (Å²) in [6.07, 6.45) is 1.46. The summed E-state index contributed by atoms with van der Waals surface area (Å²) in [6, 6.07) is 3.10. The van der Waals surface area contributed by atoms with Crippen molar-refractivity contribution in [2.45, 2.75) is 0 Å². The molecule has 0 N–H and O–H groups in total. The minimum absolute atomic E-state index is 0.220. The normalized spacial score (nSPS) is 9.18. The van der Waals surface area contributed by atoms with E-state index < -0.39 is 5.03 Å². The van der Waals surface area contributed by atoms with Gasteiger partial charge < -0.3 is 0 Å². The average Bonchev–Trinajstić information content (AvgIpc) is 2.05. The Labute approximate surface area is 62.6 Å². The van der Waals surface area contributed by atoms with Crippen molar-refractivity contribution >= 4 is 5.82 Å². The summed E-state index contributed by atoms with van der Waals surface area (Å²) >= 11 is 0. The molecule has 1 aromatic rings. The highest BCUT2D eigenvalue weighted by Gasteiger charge is 2.10. The molecule has 11 heavy (non-hydrogen) atoms. The third-order valence-electron chi connectivity index (χ3n) is 1.13. The lowest BCUT2D eigenvalue weighted by atomic mass is 10.5. The van der Waals surface area contributed by atoms with Gasteiger partial charge in [-0.05, 0) is 12.1 Å². The van der Waals surface area contributed by atoms with E-state index in [1.54, 1.807) is 6.07 Å². The highest BCUT2D eigenvalue weighted by molar-refractivity contribution is 5.30. The fraction of sp³-hybridized carbons (Fsp3) is 0.200. The number of rotatable bonds is 2. The fourth-order valence-corrected chi connectivity index (χ4v) is 0.550. The molecule has 0 aliphatic rings. The van der Waals surface area contributed by atoms with E-state index in [0.717, 1.165) is 5.01 Å². The molecule has 1 aromatic heterocycles. The molecule has 0 radical (unpaired) electrons. The number of anilines is 1. The summed E-state index contributed by atoms with van der Waals surface area (Å²) in [5.41, 5.74) is 0. The first-order valence-corrected chi connectivity index (χ1v) is 2.87. The zero-order valence-corrected chi connectivity index (χ0v) is 5.84. The van der Waals surface area contributed by atoms with Crippen LogP contribution in [-0.2, 0) is 0 Å². The van der Waals surface area contributed by atoms with Gasteiger partial charge in [-0.3, -0.25) is 0 Å². The van der Waals surface area contributed by atoms with Gasteiger partial charge in [0.1, 0.15) is 0 Å². The van der Waals surface area contributed by atoms with Gasteiger partial charge in [-0.25, -0.2) is 10.1 Å².